The zero-order valence-electron chi connectivity index (χ0n) is 10.3. The van der Waals surface area contributed by atoms with Gasteiger partial charge in [-0.1, -0.05) is 13.8 Å². The Kier molecular flexibility index (Phi) is 6.67. The van der Waals surface area contributed by atoms with Crippen molar-refractivity contribution < 1.29 is 0 Å². The molecule has 4 atom stereocenters. The fourth-order valence-electron chi connectivity index (χ4n) is 1.75. The van der Waals surface area contributed by atoms with Crippen LogP contribution < -0.4 is 11.3 Å². The zero-order chi connectivity index (χ0) is 12.0. The minimum absolute atomic E-state index is 0.397. The van der Waals surface area contributed by atoms with E-state index in [4.69, 9.17) is 5.84 Å². The van der Waals surface area contributed by atoms with Crippen molar-refractivity contribution in [2.75, 3.05) is 5.75 Å². The largest absolute Gasteiger partial charge is 0.271 e. The Balaban J connectivity index is 2.42. The van der Waals surface area contributed by atoms with Crippen LogP contribution in [0.5, 0.6) is 0 Å². The molecular formula is C12H22N2S2. The first-order valence-corrected chi connectivity index (χ1v) is 7.81. The molecule has 1 aliphatic heterocycles. The third-order valence-electron chi connectivity index (χ3n) is 2.99. The zero-order valence-corrected chi connectivity index (χ0v) is 12.0. The van der Waals surface area contributed by atoms with Gasteiger partial charge in [0.15, 0.2) is 0 Å². The van der Waals surface area contributed by atoms with Crippen molar-refractivity contribution in [1.82, 2.24) is 5.43 Å². The van der Waals surface area contributed by atoms with E-state index in [9.17, 15) is 0 Å². The van der Waals surface area contributed by atoms with Crippen LogP contribution in [0.15, 0.2) is 0 Å². The van der Waals surface area contributed by atoms with Crippen LogP contribution in [-0.4, -0.2) is 27.5 Å². The number of nitrogens with two attached hydrogens (primary N) is 1. The molecule has 1 fully saturated rings. The highest BCUT2D eigenvalue weighted by Crippen LogP contribution is 2.37. The van der Waals surface area contributed by atoms with Gasteiger partial charge in [0.1, 0.15) is 0 Å². The van der Waals surface area contributed by atoms with Gasteiger partial charge >= 0.3 is 0 Å². The molecule has 0 radical (unpaired) electrons. The molecule has 0 aromatic heterocycles. The van der Waals surface area contributed by atoms with Crippen LogP contribution in [-0.2, 0) is 0 Å². The summed E-state index contributed by atoms with van der Waals surface area (Å²) in [6, 6.07) is 0.397. The summed E-state index contributed by atoms with van der Waals surface area (Å²) in [6.45, 7) is 6.51. The summed E-state index contributed by atoms with van der Waals surface area (Å²) in [5.74, 6) is 12.9. The molecule has 0 bridgehead atoms. The van der Waals surface area contributed by atoms with Crippen LogP contribution in [0, 0.1) is 11.8 Å². The van der Waals surface area contributed by atoms with E-state index < -0.39 is 0 Å². The van der Waals surface area contributed by atoms with E-state index in [0.29, 0.717) is 11.3 Å². The lowest BCUT2D eigenvalue weighted by Gasteiger charge is -2.35. The van der Waals surface area contributed by atoms with Gasteiger partial charge < -0.3 is 0 Å². The molecule has 0 aliphatic carbocycles. The SMILES string of the molecule is CC#CCCC(NN)C1CSC(C)C(C)S1. The number of nitrogens with one attached hydrogen (secondary N) is 1. The number of hydrogen-bond acceptors (Lipinski definition) is 4. The predicted octanol–water partition coefficient (Wildman–Crippen LogP) is 2.25. The normalized spacial score (nSPS) is 31.6. The molecule has 0 spiro atoms. The van der Waals surface area contributed by atoms with Crippen LogP contribution in [0.25, 0.3) is 0 Å². The maximum absolute atomic E-state index is 5.65. The van der Waals surface area contributed by atoms with E-state index in [0.717, 1.165) is 23.3 Å². The highest BCUT2D eigenvalue weighted by molar-refractivity contribution is 8.07. The van der Waals surface area contributed by atoms with Crippen molar-refractivity contribution in [1.29, 1.82) is 0 Å². The number of thioether (sulfide) groups is 2. The standard InChI is InChI=1S/C12H22N2S2/c1-4-5-6-7-11(14-13)12-8-15-9(2)10(3)16-12/h9-12,14H,6-8,13H2,1-3H3. The van der Waals surface area contributed by atoms with Crippen molar-refractivity contribution in [3.05, 3.63) is 0 Å². The van der Waals surface area contributed by atoms with Gasteiger partial charge in [0, 0.05) is 34.0 Å². The molecule has 0 saturated carbocycles. The Labute approximate surface area is 108 Å². The summed E-state index contributed by atoms with van der Waals surface area (Å²) in [5.41, 5.74) is 2.96. The molecule has 1 rings (SSSR count). The smallest absolute Gasteiger partial charge is 0.0346 e. The molecule has 3 N–H and O–H groups in total. The first-order valence-electron chi connectivity index (χ1n) is 5.81. The Hall–Kier alpha value is 0.180. The maximum Gasteiger partial charge on any atom is 0.0346 e. The predicted molar refractivity (Wildman–Crippen MR) is 76.6 cm³/mol. The molecule has 0 aromatic rings. The van der Waals surface area contributed by atoms with E-state index in [2.05, 4.69) is 54.6 Å². The van der Waals surface area contributed by atoms with Crippen LogP contribution >= 0.6 is 23.5 Å². The van der Waals surface area contributed by atoms with Gasteiger partial charge in [0.25, 0.3) is 0 Å². The quantitative estimate of drug-likeness (QED) is 0.461. The van der Waals surface area contributed by atoms with E-state index >= 15 is 0 Å². The van der Waals surface area contributed by atoms with Gasteiger partial charge in [0.2, 0.25) is 0 Å². The van der Waals surface area contributed by atoms with Crippen molar-refractivity contribution in [2.45, 2.75) is 55.4 Å². The number of hydrazine groups is 1. The Morgan fingerprint density at radius 1 is 1.44 bits per heavy atom. The van der Waals surface area contributed by atoms with Crippen LogP contribution in [0.2, 0.25) is 0 Å². The molecule has 16 heavy (non-hydrogen) atoms. The highest BCUT2D eigenvalue weighted by atomic mass is 32.2. The lowest BCUT2D eigenvalue weighted by Crippen LogP contribution is -2.46. The summed E-state index contributed by atoms with van der Waals surface area (Å²) in [6.07, 6.45) is 1.99. The van der Waals surface area contributed by atoms with Crippen molar-refractivity contribution in [2.24, 2.45) is 5.84 Å². The van der Waals surface area contributed by atoms with E-state index in [-0.39, 0.29) is 0 Å². The maximum atomic E-state index is 5.65. The second-order valence-electron chi connectivity index (χ2n) is 4.16. The molecule has 4 unspecified atom stereocenters. The first-order chi connectivity index (χ1) is 7.69. The Morgan fingerprint density at radius 2 is 2.19 bits per heavy atom. The topological polar surface area (TPSA) is 38.0 Å². The molecule has 1 aliphatic rings. The summed E-state index contributed by atoms with van der Waals surface area (Å²) in [5, 5.41) is 2.10. The van der Waals surface area contributed by atoms with Gasteiger partial charge in [-0.2, -0.15) is 23.5 Å². The number of rotatable bonds is 4. The monoisotopic (exact) mass is 258 g/mol. The van der Waals surface area contributed by atoms with Crippen LogP contribution in [0.4, 0.5) is 0 Å². The molecular weight excluding hydrogens is 236 g/mol. The van der Waals surface area contributed by atoms with E-state index in [1.807, 2.05) is 6.92 Å². The summed E-state index contributed by atoms with van der Waals surface area (Å²) >= 11 is 4.14. The van der Waals surface area contributed by atoms with Gasteiger partial charge in [-0.05, 0) is 13.3 Å². The van der Waals surface area contributed by atoms with Gasteiger partial charge in [0.05, 0.1) is 0 Å². The average molecular weight is 258 g/mol. The molecule has 1 heterocycles. The van der Waals surface area contributed by atoms with Gasteiger partial charge in [-0.15, -0.1) is 11.8 Å². The molecule has 2 nitrogen and oxygen atoms in total. The van der Waals surface area contributed by atoms with Crippen LogP contribution in [0.1, 0.15) is 33.6 Å². The average Bonchev–Trinajstić information content (AvgIpc) is 2.29. The second kappa shape index (κ2) is 7.50. The van der Waals surface area contributed by atoms with Crippen molar-refractivity contribution in [3.8, 4) is 11.8 Å². The van der Waals surface area contributed by atoms with Gasteiger partial charge in [-0.25, -0.2) is 0 Å². The molecule has 0 amide bonds. The van der Waals surface area contributed by atoms with E-state index in [1.54, 1.807) is 0 Å². The molecule has 92 valence electrons. The Morgan fingerprint density at radius 3 is 2.75 bits per heavy atom. The minimum atomic E-state index is 0.397. The molecule has 1 saturated heterocycles. The third-order valence-corrected chi connectivity index (χ3v) is 6.55. The molecule has 4 heteroatoms. The fourth-order valence-corrected chi connectivity index (χ4v) is 4.90. The van der Waals surface area contributed by atoms with Crippen molar-refractivity contribution in [3.63, 3.8) is 0 Å². The summed E-state index contributed by atoms with van der Waals surface area (Å²) in [4.78, 5) is 0. The summed E-state index contributed by atoms with van der Waals surface area (Å²) in [7, 11) is 0. The minimum Gasteiger partial charge on any atom is -0.271 e. The lowest BCUT2D eigenvalue weighted by atomic mass is 10.1. The Bertz CT molecular complexity index is 259. The highest BCUT2D eigenvalue weighted by Gasteiger charge is 2.30. The van der Waals surface area contributed by atoms with Crippen molar-refractivity contribution >= 4 is 23.5 Å². The third kappa shape index (κ3) is 4.21. The lowest BCUT2D eigenvalue weighted by molar-refractivity contribution is 0.497. The first kappa shape index (κ1) is 14.2. The number of hydrogen-bond donors (Lipinski definition) is 2. The van der Waals surface area contributed by atoms with Crippen LogP contribution in [0.3, 0.4) is 0 Å². The van der Waals surface area contributed by atoms with E-state index in [1.165, 1.54) is 5.75 Å². The second-order valence-corrected chi connectivity index (χ2v) is 7.19. The fraction of sp³-hybridized carbons (Fsp3) is 0.833. The summed E-state index contributed by atoms with van der Waals surface area (Å²) < 4.78 is 0. The van der Waals surface area contributed by atoms with Gasteiger partial charge in [-0.3, -0.25) is 11.3 Å². The molecule has 0 aromatic carbocycles.